The minimum Gasteiger partial charge on any atom is -0.394 e. The maximum atomic E-state index is 11.7. The molecule has 0 saturated carbocycles. The predicted octanol–water partition coefficient (Wildman–Crippen LogP) is 24.4. The van der Waals surface area contributed by atoms with Crippen LogP contribution in [0.1, 0.15) is 366 Å². The Balaban J connectivity index is -0.000000289. The van der Waals surface area contributed by atoms with Gasteiger partial charge in [0.15, 0.2) is 0 Å². The third-order valence-corrected chi connectivity index (χ3v) is 23.8. The van der Waals surface area contributed by atoms with Gasteiger partial charge in [0, 0.05) is 32.4 Å². The minimum atomic E-state index is -4.58. The van der Waals surface area contributed by atoms with Gasteiger partial charge in [0.2, 0.25) is 0 Å². The Morgan fingerprint density at radius 2 is 0.430 bits per heavy atom. The van der Waals surface area contributed by atoms with Crippen molar-refractivity contribution in [1.82, 2.24) is 0 Å². The molecule has 0 aromatic heterocycles. The average Bonchev–Trinajstić information content (AvgIpc) is 0.887. The van der Waals surface area contributed by atoms with E-state index in [2.05, 4.69) is 82.2 Å². The van der Waals surface area contributed by atoms with Crippen molar-refractivity contribution in [1.29, 1.82) is 0 Å². The van der Waals surface area contributed by atoms with Crippen LogP contribution in [0.2, 0.25) is 0 Å². The van der Waals surface area contributed by atoms with Gasteiger partial charge in [-0.05, 0) is 77.0 Å². The first-order valence-corrected chi connectivity index (χ1v) is 48.3. The van der Waals surface area contributed by atoms with Crippen LogP contribution in [0.25, 0.3) is 0 Å². The van der Waals surface area contributed by atoms with Crippen LogP contribution in [-0.4, -0.2) is 93.4 Å². The second-order valence-electron chi connectivity index (χ2n) is 25.4. The second-order valence-corrected chi connectivity index (χ2v) is 35.5. The van der Waals surface area contributed by atoms with E-state index >= 15 is 0 Å². The number of hydrogen-bond acceptors (Lipinski definition) is 19. The van der Waals surface area contributed by atoms with Crippen molar-refractivity contribution < 1.29 is 137 Å². The van der Waals surface area contributed by atoms with Crippen LogP contribution in [0.5, 0.6) is 0 Å². The average molecular weight is 1620 g/mol. The first-order valence-electron chi connectivity index (χ1n) is 38.3. The van der Waals surface area contributed by atoms with Crippen LogP contribution >= 0.6 is 55.2 Å². The molecule has 0 rings (SSSR count). The molecule has 0 bridgehead atoms. The summed E-state index contributed by atoms with van der Waals surface area (Å²) in [6.45, 7) is 26.1. The van der Waals surface area contributed by atoms with Crippen LogP contribution in [0.3, 0.4) is 0 Å². The zero-order valence-electron chi connectivity index (χ0n) is 64.6. The fourth-order valence-electron chi connectivity index (χ4n) is 9.07. The van der Waals surface area contributed by atoms with Gasteiger partial charge >= 0.3 is 55.2 Å². The van der Waals surface area contributed by atoms with Gasteiger partial charge in [-0.25, -0.2) is 27.4 Å². The molecule has 0 amide bonds. The summed E-state index contributed by atoms with van der Waals surface area (Å²) in [5, 5.41) is 8.06. The van der Waals surface area contributed by atoms with E-state index in [1.54, 1.807) is 13.8 Å². The van der Waals surface area contributed by atoms with Crippen molar-refractivity contribution in [3.8, 4) is 0 Å². The Hall–Kier alpha value is 1.47. The van der Waals surface area contributed by atoms with Gasteiger partial charge in [0.1, 0.15) is 13.2 Å². The summed E-state index contributed by atoms with van der Waals surface area (Å²) in [6, 6.07) is 0. The van der Waals surface area contributed by atoms with E-state index in [0.717, 1.165) is 180 Å². The van der Waals surface area contributed by atoms with Crippen LogP contribution in [0, 0.1) is 11.8 Å². The van der Waals surface area contributed by atoms with Gasteiger partial charge in [-0.15, -0.1) is 9.05 Å². The molecule has 0 aliphatic rings. The van der Waals surface area contributed by atoms with Crippen molar-refractivity contribution in [2.45, 2.75) is 372 Å². The summed E-state index contributed by atoms with van der Waals surface area (Å²) in [4.78, 5) is 56.9. The summed E-state index contributed by atoms with van der Waals surface area (Å²) in [6.07, 6.45) is 45.0. The van der Waals surface area contributed by atoms with Crippen LogP contribution < -0.4 is 0 Å². The maximum Gasteiger partial charge on any atom is 0.697 e. The first-order chi connectivity index (χ1) is 46.9. The molecule has 0 spiro atoms. The fourth-order valence-corrected chi connectivity index (χ4v) is 16.2. The SMILES string of the molecule is CC(C)O.CCCCC(CC)CO[P+](=O)OCC(CC)CCCC.CCCCCCCCOP(=O)(O)OP(=O)(O)OCCCCCCCC.CCCCCCCCOP(=O)(O)OP(=O)(O)OCCCCCCCC.CCCCCCCCOP(=O)(O)OP(=O)(O)OCCCCCCCC.[Ti]. The van der Waals surface area contributed by atoms with E-state index < -0.39 is 55.2 Å². The number of phosphoric acid groups is 6. The smallest absolute Gasteiger partial charge is 0.394 e. The van der Waals surface area contributed by atoms with Gasteiger partial charge in [-0.2, -0.15) is 12.9 Å². The molecular formula is C67H150O25P7Ti+. The maximum absolute atomic E-state index is 11.7. The van der Waals surface area contributed by atoms with E-state index in [1.165, 1.54) is 64.2 Å². The largest absolute Gasteiger partial charge is 0.697 e. The predicted molar refractivity (Wildman–Crippen MR) is 402 cm³/mol. The van der Waals surface area contributed by atoms with Crippen molar-refractivity contribution in [2.75, 3.05) is 52.9 Å². The molecule has 8 unspecified atom stereocenters. The first kappa shape index (κ1) is 112. The van der Waals surface area contributed by atoms with Crippen molar-refractivity contribution in [2.24, 2.45) is 11.8 Å². The summed E-state index contributed by atoms with van der Waals surface area (Å²) in [7, 11) is -29.4. The molecule has 0 saturated heterocycles. The molecular weight excluding hydrogens is 1470 g/mol. The summed E-state index contributed by atoms with van der Waals surface area (Å²) < 4.78 is 134. The van der Waals surface area contributed by atoms with Crippen LogP contribution in [0.4, 0.5) is 0 Å². The normalized spacial score (nSPS) is 15.7. The number of aliphatic hydroxyl groups excluding tert-OH is 1. The van der Waals surface area contributed by atoms with E-state index in [0.29, 0.717) is 63.6 Å². The van der Waals surface area contributed by atoms with Crippen molar-refractivity contribution in [3.63, 3.8) is 0 Å². The van der Waals surface area contributed by atoms with Gasteiger partial charge in [0.05, 0.1) is 39.6 Å². The zero-order valence-corrected chi connectivity index (χ0v) is 72.4. The molecule has 0 aromatic rings. The number of hydrogen-bond donors (Lipinski definition) is 7. The molecule has 0 heterocycles. The molecule has 0 fully saturated rings. The third-order valence-electron chi connectivity index (χ3n) is 15.1. The molecule has 0 aliphatic carbocycles. The summed E-state index contributed by atoms with van der Waals surface area (Å²) in [5.74, 6) is 1.03. The number of unbranched alkanes of at least 4 members (excludes halogenated alkanes) is 32. The van der Waals surface area contributed by atoms with E-state index in [-0.39, 0.29) is 67.5 Å². The van der Waals surface area contributed by atoms with Crippen LogP contribution in [-0.2, 0) is 103 Å². The standard InChI is InChI=1S/3C16H36O7P2.C16H34O3P.C3H8O.Ti/c3*1-3-5-7-9-11-13-15-21-24(17,18)23-25(19,20)22-16-14-12-10-8-6-4-2;1-5-9-11-15(7-3)13-18-20(17)19-14-16(8-4)12-10-6-2;1-3(2)4;/h3*3-16H2,1-2H3,(H,17,18)(H,19,20);15-16H,5-14H2,1-4H3;3-4H,1-2H3;/q;;;+1;;. The van der Waals surface area contributed by atoms with E-state index in [4.69, 9.17) is 41.3 Å². The molecule has 606 valence electrons. The van der Waals surface area contributed by atoms with E-state index in [9.17, 15) is 61.3 Å². The number of phosphoric ester groups is 6. The van der Waals surface area contributed by atoms with Crippen molar-refractivity contribution >= 4 is 55.2 Å². The fraction of sp³-hybridized carbons (Fsp3) is 1.00. The molecule has 0 radical (unpaired) electrons. The Morgan fingerprint density at radius 3 is 0.580 bits per heavy atom. The monoisotopic (exact) mass is 1620 g/mol. The number of rotatable bonds is 68. The van der Waals surface area contributed by atoms with Crippen LogP contribution in [0.15, 0.2) is 0 Å². The van der Waals surface area contributed by atoms with Crippen molar-refractivity contribution in [3.05, 3.63) is 0 Å². The topological polar surface area (TPSA) is 363 Å². The van der Waals surface area contributed by atoms with Gasteiger partial charge in [-0.1, -0.05) is 300 Å². The van der Waals surface area contributed by atoms with Gasteiger partial charge in [0.25, 0.3) is 0 Å². The minimum absolute atomic E-state index is 0. The Bertz CT molecular complexity index is 1730. The molecule has 8 atom stereocenters. The summed E-state index contributed by atoms with van der Waals surface area (Å²) in [5.41, 5.74) is 0. The summed E-state index contributed by atoms with van der Waals surface area (Å²) >= 11 is 0. The number of aliphatic hydroxyl groups is 1. The van der Waals surface area contributed by atoms with Gasteiger partial charge in [-0.3, -0.25) is 27.1 Å². The molecule has 100 heavy (non-hydrogen) atoms. The third kappa shape index (κ3) is 93.7. The molecule has 0 aliphatic heterocycles. The quantitative estimate of drug-likeness (QED) is 0.0169. The van der Waals surface area contributed by atoms with Gasteiger partial charge < -0.3 is 34.5 Å². The molecule has 25 nitrogen and oxygen atoms in total. The Labute approximate surface area is 625 Å². The molecule has 0 aromatic carbocycles. The Kier molecular flexibility index (Phi) is 88.3. The molecule has 7 N–H and O–H groups in total. The second kappa shape index (κ2) is 78.6. The molecule has 33 heteroatoms. The zero-order chi connectivity index (χ0) is 75.9. The van der Waals surface area contributed by atoms with E-state index in [1.807, 2.05) is 0 Å². The Morgan fingerprint density at radius 1 is 0.280 bits per heavy atom.